The van der Waals surface area contributed by atoms with Crippen LogP contribution in [0.1, 0.15) is 32.4 Å². The van der Waals surface area contributed by atoms with Crippen LogP contribution in [0.15, 0.2) is 35.3 Å². The van der Waals surface area contributed by atoms with E-state index in [1.807, 2.05) is 12.1 Å². The van der Waals surface area contributed by atoms with Crippen LogP contribution in [0.2, 0.25) is 0 Å². The SMILES string of the molecule is C=C(Br)CNC(C)c1ccc(OCC(C)C)cc1. The second-order valence-electron chi connectivity index (χ2n) is 4.89. The van der Waals surface area contributed by atoms with E-state index in [4.69, 9.17) is 4.74 Å². The van der Waals surface area contributed by atoms with E-state index < -0.39 is 0 Å². The number of ether oxygens (including phenoxy) is 1. The first kappa shape index (κ1) is 15.3. The van der Waals surface area contributed by atoms with Crippen molar-refractivity contribution in [2.75, 3.05) is 13.2 Å². The molecule has 1 unspecified atom stereocenters. The lowest BCUT2D eigenvalue weighted by Crippen LogP contribution is -2.19. The van der Waals surface area contributed by atoms with Gasteiger partial charge < -0.3 is 10.1 Å². The summed E-state index contributed by atoms with van der Waals surface area (Å²) < 4.78 is 6.62. The van der Waals surface area contributed by atoms with Crippen molar-refractivity contribution in [1.82, 2.24) is 5.32 Å². The fourth-order valence-corrected chi connectivity index (χ4v) is 1.66. The molecule has 1 N–H and O–H groups in total. The van der Waals surface area contributed by atoms with Gasteiger partial charge in [0.2, 0.25) is 0 Å². The fraction of sp³-hybridized carbons (Fsp3) is 0.467. The van der Waals surface area contributed by atoms with Gasteiger partial charge >= 0.3 is 0 Å². The van der Waals surface area contributed by atoms with E-state index in [1.165, 1.54) is 5.56 Å². The normalized spacial score (nSPS) is 12.5. The average Bonchev–Trinajstić information content (AvgIpc) is 2.34. The van der Waals surface area contributed by atoms with Gasteiger partial charge in [0.05, 0.1) is 6.61 Å². The molecule has 0 bridgehead atoms. The van der Waals surface area contributed by atoms with Gasteiger partial charge in [0.25, 0.3) is 0 Å². The highest BCUT2D eigenvalue weighted by molar-refractivity contribution is 9.11. The first-order valence-corrected chi connectivity index (χ1v) is 7.07. The zero-order chi connectivity index (χ0) is 13.5. The first-order chi connectivity index (χ1) is 8.49. The Morgan fingerprint density at radius 3 is 2.39 bits per heavy atom. The third-order valence-electron chi connectivity index (χ3n) is 2.56. The van der Waals surface area contributed by atoms with E-state index in [9.17, 15) is 0 Å². The summed E-state index contributed by atoms with van der Waals surface area (Å²) in [6.45, 7) is 11.8. The fourth-order valence-electron chi connectivity index (χ4n) is 1.50. The number of hydrogen-bond acceptors (Lipinski definition) is 2. The van der Waals surface area contributed by atoms with Crippen LogP contribution in [0.25, 0.3) is 0 Å². The van der Waals surface area contributed by atoms with Gasteiger partial charge in [-0.05, 0) is 30.5 Å². The minimum Gasteiger partial charge on any atom is -0.493 e. The summed E-state index contributed by atoms with van der Waals surface area (Å²) in [6.07, 6.45) is 0. The smallest absolute Gasteiger partial charge is 0.119 e. The van der Waals surface area contributed by atoms with E-state index in [0.717, 1.165) is 23.4 Å². The number of rotatable bonds is 7. The van der Waals surface area contributed by atoms with E-state index >= 15 is 0 Å². The van der Waals surface area contributed by atoms with Gasteiger partial charge in [-0.3, -0.25) is 0 Å². The zero-order valence-electron chi connectivity index (χ0n) is 11.4. The molecule has 0 saturated carbocycles. The molecule has 0 aliphatic carbocycles. The Hall–Kier alpha value is -0.800. The molecule has 0 heterocycles. The quantitative estimate of drug-likeness (QED) is 0.811. The van der Waals surface area contributed by atoms with Crippen molar-refractivity contribution in [2.45, 2.75) is 26.8 Å². The molecule has 0 radical (unpaired) electrons. The summed E-state index contributed by atoms with van der Waals surface area (Å²) in [4.78, 5) is 0. The molecule has 0 aliphatic rings. The molecule has 1 rings (SSSR count). The minimum absolute atomic E-state index is 0.304. The van der Waals surface area contributed by atoms with Crippen molar-refractivity contribution in [3.05, 3.63) is 40.9 Å². The molecule has 0 spiro atoms. The zero-order valence-corrected chi connectivity index (χ0v) is 13.0. The summed E-state index contributed by atoms with van der Waals surface area (Å²) in [5.74, 6) is 1.49. The molecule has 0 saturated heterocycles. The lowest BCUT2D eigenvalue weighted by atomic mass is 10.1. The van der Waals surface area contributed by atoms with Crippen LogP contribution >= 0.6 is 15.9 Å². The molecule has 18 heavy (non-hydrogen) atoms. The van der Waals surface area contributed by atoms with Crippen molar-refractivity contribution in [1.29, 1.82) is 0 Å². The Morgan fingerprint density at radius 1 is 1.28 bits per heavy atom. The monoisotopic (exact) mass is 311 g/mol. The summed E-state index contributed by atoms with van der Waals surface area (Å²) in [7, 11) is 0. The molecule has 1 aromatic rings. The Bertz CT molecular complexity index is 373. The minimum atomic E-state index is 0.304. The molecule has 3 heteroatoms. The lowest BCUT2D eigenvalue weighted by Gasteiger charge is -2.15. The number of halogens is 1. The van der Waals surface area contributed by atoms with E-state index in [0.29, 0.717) is 12.0 Å². The van der Waals surface area contributed by atoms with Crippen molar-refractivity contribution in [3.8, 4) is 5.75 Å². The molecule has 1 aromatic carbocycles. The summed E-state index contributed by atoms with van der Waals surface area (Å²) >= 11 is 3.34. The molecule has 2 nitrogen and oxygen atoms in total. The molecule has 1 atom stereocenters. The highest BCUT2D eigenvalue weighted by Crippen LogP contribution is 2.18. The van der Waals surface area contributed by atoms with Crippen LogP contribution < -0.4 is 10.1 Å². The van der Waals surface area contributed by atoms with Crippen LogP contribution in [0.5, 0.6) is 5.75 Å². The maximum Gasteiger partial charge on any atom is 0.119 e. The van der Waals surface area contributed by atoms with Gasteiger partial charge in [0.15, 0.2) is 0 Å². The van der Waals surface area contributed by atoms with Crippen molar-refractivity contribution >= 4 is 15.9 Å². The number of hydrogen-bond donors (Lipinski definition) is 1. The molecule has 0 amide bonds. The standard InChI is InChI=1S/C15H22BrNO/c1-11(2)10-18-15-7-5-14(6-8-15)13(4)17-9-12(3)16/h5-8,11,13,17H,3,9-10H2,1-2,4H3. The van der Waals surface area contributed by atoms with Crippen LogP contribution in [-0.2, 0) is 0 Å². The van der Waals surface area contributed by atoms with E-state index in [-0.39, 0.29) is 0 Å². The third kappa shape index (κ3) is 5.69. The first-order valence-electron chi connectivity index (χ1n) is 6.28. The topological polar surface area (TPSA) is 21.3 Å². The average molecular weight is 312 g/mol. The molecular formula is C15H22BrNO. The number of nitrogens with one attached hydrogen (secondary N) is 1. The van der Waals surface area contributed by atoms with Crippen molar-refractivity contribution < 1.29 is 4.74 Å². The maximum absolute atomic E-state index is 5.66. The van der Waals surface area contributed by atoms with Gasteiger partial charge in [-0.15, -0.1) is 0 Å². The Morgan fingerprint density at radius 2 is 1.89 bits per heavy atom. The predicted octanol–water partition coefficient (Wildman–Crippen LogP) is 4.28. The number of benzene rings is 1. The Labute approximate surface area is 119 Å². The van der Waals surface area contributed by atoms with Crippen LogP contribution in [0, 0.1) is 5.92 Å². The predicted molar refractivity (Wildman–Crippen MR) is 81.3 cm³/mol. The molecule has 0 fully saturated rings. The second-order valence-corrected chi connectivity index (χ2v) is 6.02. The second kappa shape index (κ2) is 7.59. The largest absolute Gasteiger partial charge is 0.493 e. The van der Waals surface area contributed by atoms with E-state index in [2.05, 4.69) is 60.7 Å². The highest BCUT2D eigenvalue weighted by atomic mass is 79.9. The highest BCUT2D eigenvalue weighted by Gasteiger charge is 2.05. The van der Waals surface area contributed by atoms with Crippen LogP contribution in [-0.4, -0.2) is 13.2 Å². The lowest BCUT2D eigenvalue weighted by molar-refractivity contribution is 0.271. The van der Waals surface area contributed by atoms with Crippen molar-refractivity contribution in [2.24, 2.45) is 5.92 Å². The summed E-state index contributed by atoms with van der Waals surface area (Å²) in [5.41, 5.74) is 1.25. The third-order valence-corrected chi connectivity index (χ3v) is 2.84. The Kier molecular flexibility index (Phi) is 6.44. The van der Waals surface area contributed by atoms with Crippen LogP contribution in [0.3, 0.4) is 0 Å². The van der Waals surface area contributed by atoms with Gasteiger partial charge in [-0.1, -0.05) is 48.5 Å². The molecule has 100 valence electrons. The van der Waals surface area contributed by atoms with Gasteiger partial charge in [0.1, 0.15) is 5.75 Å². The molecular weight excluding hydrogens is 290 g/mol. The van der Waals surface area contributed by atoms with Gasteiger partial charge in [-0.25, -0.2) is 0 Å². The molecule has 0 aromatic heterocycles. The van der Waals surface area contributed by atoms with Crippen molar-refractivity contribution in [3.63, 3.8) is 0 Å². The summed E-state index contributed by atoms with van der Waals surface area (Å²) in [5, 5.41) is 3.38. The Balaban J connectivity index is 2.51. The van der Waals surface area contributed by atoms with Gasteiger partial charge in [0, 0.05) is 17.1 Å². The van der Waals surface area contributed by atoms with E-state index in [1.54, 1.807) is 0 Å². The van der Waals surface area contributed by atoms with Crippen LogP contribution in [0.4, 0.5) is 0 Å². The molecule has 0 aliphatic heterocycles. The summed E-state index contributed by atoms with van der Waals surface area (Å²) in [6, 6.07) is 8.56. The maximum atomic E-state index is 5.66. The van der Waals surface area contributed by atoms with Gasteiger partial charge in [-0.2, -0.15) is 0 Å².